The highest BCUT2D eigenvalue weighted by Gasteiger charge is 2.06. The van der Waals surface area contributed by atoms with Crippen LogP contribution < -0.4 is 11.1 Å². The molecular weight excluding hydrogens is 280 g/mol. The Balaban J connectivity index is 2.40. The number of likely N-dealkylation sites (N-methyl/N-ethyl adjacent to an activating group) is 1. The van der Waals surface area contributed by atoms with E-state index >= 15 is 0 Å². The van der Waals surface area contributed by atoms with E-state index in [9.17, 15) is 0 Å². The Morgan fingerprint density at radius 3 is 2.88 bits per heavy atom. The van der Waals surface area contributed by atoms with Gasteiger partial charge in [0.25, 0.3) is 0 Å². The lowest BCUT2D eigenvalue weighted by Gasteiger charge is -2.23. The molecule has 1 unspecified atom stereocenters. The van der Waals surface area contributed by atoms with E-state index in [0.29, 0.717) is 11.7 Å². The van der Waals surface area contributed by atoms with Gasteiger partial charge in [-0.25, -0.2) is 4.98 Å². The molecule has 1 aromatic rings. The number of halogens is 1. The first-order chi connectivity index (χ1) is 8.04. The Morgan fingerprint density at radius 1 is 1.59 bits per heavy atom. The number of nitrogens with one attached hydrogen (secondary N) is 1. The van der Waals surface area contributed by atoms with Gasteiger partial charge in [-0.15, -0.1) is 0 Å². The monoisotopic (exact) mass is 300 g/mol. The lowest BCUT2D eigenvalue weighted by Crippen LogP contribution is -2.32. The fraction of sp³-hybridized carbons (Fsp3) is 0.583. The number of anilines is 2. The van der Waals surface area contributed by atoms with Crippen molar-refractivity contribution in [3.05, 3.63) is 16.7 Å². The zero-order valence-corrected chi connectivity index (χ0v) is 12.3. The normalized spacial score (nSPS) is 12.8. The molecule has 0 radical (unpaired) electrons. The third-order valence-electron chi connectivity index (χ3n) is 2.96. The maximum atomic E-state index is 5.63. The predicted octanol–water partition coefficient (Wildman–Crippen LogP) is 2.57. The van der Waals surface area contributed by atoms with Crippen LogP contribution in [0.25, 0.3) is 0 Å². The number of nitrogens with zero attached hydrogens (tertiary/aromatic N) is 2. The zero-order chi connectivity index (χ0) is 12.8. The van der Waals surface area contributed by atoms with Crippen LogP contribution in [0.1, 0.15) is 20.3 Å². The van der Waals surface area contributed by atoms with E-state index < -0.39 is 0 Å². The first-order valence-electron chi connectivity index (χ1n) is 5.89. The van der Waals surface area contributed by atoms with Crippen LogP contribution in [0.15, 0.2) is 16.7 Å². The summed E-state index contributed by atoms with van der Waals surface area (Å²) in [5, 5.41) is 3.29. The van der Waals surface area contributed by atoms with Crippen molar-refractivity contribution >= 4 is 27.4 Å². The van der Waals surface area contributed by atoms with E-state index in [1.54, 1.807) is 6.20 Å². The highest BCUT2D eigenvalue weighted by atomic mass is 79.9. The van der Waals surface area contributed by atoms with Gasteiger partial charge in [-0.3, -0.25) is 0 Å². The van der Waals surface area contributed by atoms with E-state index in [4.69, 9.17) is 5.73 Å². The summed E-state index contributed by atoms with van der Waals surface area (Å²) in [5.74, 6) is 0.844. The summed E-state index contributed by atoms with van der Waals surface area (Å²) in [6.07, 6.45) is 2.83. The van der Waals surface area contributed by atoms with Crippen LogP contribution in [0.3, 0.4) is 0 Å². The number of hydrogen-bond acceptors (Lipinski definition) is 4. The van der Waals surface area contributed by atoms with E-state index in [1.807, 2.05) is 6.07 Å². The molecule has 0 saturated carbocycles. The zero-order valence-electron chi connectivity index (χ0n) is 10.7. The molecular formula is C12H21BrN4. The van der Waals surface area contributed by atoms with Crippen molar-refractivity contribution in [3.8, 4) is 0 Å². The molecule has 1 atom stereocenters. The smallest absolute Gasteiger partial charge is 0.140 e. The Labute approximate surface area is 112 Å². The molecule has 0 aliphatic heterocycles. The summed E-state index contributed by atoms with van der Waals surface area (Å²) < 4.78 is 0.906. The standard InChI is InChI=1S/C12H21BrN4/c1-4-9(2)17(3)6-5-15-12-11(13)7-10(14)8-16-12/h7-9H,4-6,14H2,1-3H3,(H,15,16). The molecule has 0 spiro atoms. The third kappa shape index (κ3) is 4.52. The second kappa shape index (κ2) is 6.81. The lowest BCUT2D eigenvalue weighted by molar-refractivity contribution is 0.261. The van der Waals surface area contributed by atoms with Crippen molar-refractivity contribution in [2.75, 3.05) is 31.2 Å². The average Bonchev–Trinajstić information content (AvgIpc) is 2.30. The molecule has 0 aromatic carbocycles. The number of hydrogen-bond donors (Lipinski definition) is 2. The molecule has 0 saturated heterocycles. The van der Waals surface area contributed by atoms with Gasteiger partial charge in [0.15, 0.2) is 0 Å². The highest BCUT2D eigenvalue weighted by Crippen LogP contribution is 2.21. The van der Waals surface area contributed by atoms with Gasteiger partial charge in [0.1, 0.15) is 5.82 Å². The molecule has 17 heavy (non-hydrogen) atoms. The van der Waals surface area contributed by atoms with Gasteiger partial charge in [-0.05, 0) is 42.4 Å². The molecule has 0 bridgehead atoms. The lowest BCUT2D eigenvalue weighted by atomic mass is 10.2. The number of rotatable bonds is 6. The second-order valence-electron chi connectivity index (χ2n) is 4.26. The molecule has 1 heterocycles. The van der Waals surface area contributed by atoms with Crippen LogP contribution in [0.5, 0.6) is 0 Å². The molecule has 0 amide bonds. The maximum absolute atomic E-state index is 5.63. The quantitative estimate of drug-likeness (QED) is 0.848. The summed E-state index contributed by atoms with van der Waals surface area (Å²) in [5.41, 5.74) is 6.30. The Morgan fingerprint density at radius 2 is 2.29 bits per heavy atom. The van der Waals surface area contributed by atoms with Crippen LogP contribution >= 0.6 is 15.9 Å². The van der Waals surface area contributed by atoms with Crippen molar-refractivity contribution < 1.29 is 0 Å². The van der Waals surface area contributed by atoms with Gasteiger partial charge in [0, 0.05) is 19.1 Å². The molecule has 0 aliphatic carbocycles. The molecule has 3 N–H and O–H groups in total. The Hall–Kier alpha value is -0.810. The van der Waals surface area contributed by atoms with Crippen LogP contribution in [0.2, 0.25) is 0 Å². The average molecular weight is 301 g/mol. The summed E-state index contributed by atoms with van der Waals surface area (Å²) in [6, 6.07) is 2.47. The molecule has 96 valence electrons. The van der Waals surface area contributed by atoms with Crippen LogP contribution in [-0.2, 0) is 0 Å². The summed E-state index contributed by atoms with van der Waals surface area (Å²) in [6.45, 7) is 6.30. The summed E-state index contributed by atoms with van der Waals surface area (Å²) in [7, 11) is 2.14. The SMILES string of the molecule is CCC(C)N(C)CCNc1ncc(N)cc1Br. The van der Waals surface area contributed by atoms with Gasteiger partial charge in [-0.1, -0.05) is 6.92 Å². The fourth-order valence-corrected chi connectivity index (χ4v) is 1.97. The van der Waals surface area contributed by atoms with Gasteiger partial charge in [0.05, 0.1) is 16.4 Å². The van der Waals surface area contributed by atoms with Crippen LogP contribution in [0.4, 0.5) is 11.5 Å². The molecule has 5 heteroatoms. The van der Waals surface area contributed by atoms with Gasteiger partial charge >= 0.3 is 0 Å². The number of aromatic nitrogens is 1. The topological polar surface area (TPSA) is 54.2 Å². The number of pyridine rings is 1. The van der Waals surface area contributed by atoms with Crippen LogP contribution in [-0.4, -0.2) is 36.1 Å². The fourth-order valence-electron chi connectivity index (χ4n) is 1.47. The first-order valence-corrected chi connectivity index (χ1v) is 6.69. The maximum Gasteiger partial charge on any atom is 0.140 e. The summed E-state index contributed by atoms with van der Waals surface area (Å²) >= 11 is 3.44. The third-order valence-corrected chi connectivity index (χ3v) is 3.57. The molecule has 1 aromatic heterocycles. The van der Waals surface area contributed by atoms with Crippen molar-refractivity contribution in [1.29, 1.82) is 0 Å². The Bertz CT molecular complexity index is 356. The second-order valence-corrected chi connectivity index (χ2v) is 5.12. The predicted molar refractivity (Wildman–Crippen MR) is 77.2 cm³/mol. The van der Waals surface area contributed by atoms with E-state index in [-0.39, 0.29) is 0 Å². The van der Waals surface area contributed by atoms with Crippen molar-refractivity contribution in [2.45, 2.75) is 26.3 Å². The molecule has 0 aliphatic rings. The van der Waals surface area contributed by atoms with E-state index in [0.717, 1.165) is 23.4 Å². The molecule has 0 fully saturated rings. The molecule has 4 nitrogen and oxygen atoms in total. The van der Waals surface area contributed by atoms with Crippen molar-refractivity contribution in [1.82, 2.24) is 9.88 Å². The van der Waals surface area contributed by atoms with Crippen LogP contribution in [0, 0.1) is 0 Å². The highest BCUT2D eigenvalue weighted by molar-refractivity contribution is 9.10. The minimum atomic E-state index is 0.611. The van der Waals surface area contributed by atoms with Gasteiger partial charge in [0.2, 0.25) is 0 Å². The first kappa shape index (κ1) is 14.3. The molecule has 1 rings (SSSR count). The number of nitrogen functional groups attached to an aromatic ring is 1. The largest absolute Gasteiger partial charge is 0.397 e. The van der Waals surface area contributed by atoms with Crippen molar-refractivity contribution in [2.24, 2.45) is 0 Å². The van der Waals surface area contributed by atoms with E-state index in [2.05, 4.69) is 52.0 Å². The minimum absolute atomic E-state index is 0.611. The number of nitrogens with two attached hydrogens (primary N) is 1. The van der Waals surface area contributed by atoms with Gasteiger partial charge < -0.3 is 16.0 Å². The summed E-state index contributed by atoms with van der Waals surface area (Å²) in [4.78, 5) is 6.57. The van der Waals surface area contributed by atoms with Gasteiger partial charge in [-0.2, -0.15) is 0 Å². The van der Waals surface area contributed by atoms with E-state index in [1.165, 1.54) is 6.42 Å². The minimum Gasteiger partial charge on any atom is -0.397 e. The van der Waals surface area contributed by atoms with Crippen molar-refractivity contribution in [3.63, 3.8) is 0 Å². The Kier molecular flexibility index (Phi) is 5.71.